The fourth-order valence-corrected chi connectivity index (χ4v) is 2.96. The van der Waals surface area contributed by atoms with Gasteiger partial charge in [0, 0.05) is 31.9 Å². The Labute approximate surface area is 114 Å². The van der Waals surface area contributed by atoms with Gasteiger partial charge in [-0.05, 0) is 19.3 Å². The van der Waals surface area contributed by atoms with Gasteiger partial charge in [-0.3, -0.25) is 4.90 Å². The molecule has 5 heteroatoms. The lowest BCUT2D eigenvalue weighted by atomic mass is 10.1. The Morgan fingerprint density at radius 2 is 2.37 bits per heavy atom. The highest BCUT2D eigenvalue weighted by atomic mass is 16.5. The predicted octanol–water partition coefficient (Wildman–Crippen LogP) is 1.33. The molecular formula is C14H24N4O. The lowest BCUT2D eigenvalue weighted by Gasteiger charge is -2.37. The van der Waals surface area contributed by atoms with Crippen LogP contribution in [0.25, 0.3) is 0 Å². The topological polar surface area (TPSA) is 56.3 Å². The second-order valence-corrected chi connectivity index (χ2v) is 5.60. The zero-order valence-corrected chi connectivity index (χ0v) is 11.7. The molecule has 1 saturated heterocycles. The van der Waals surface area contributed by atoms with E-state index in [-0.39, 0.29) is 6.04 Å². The Morgan fingerprint density at radius 3 is 3.05 bits per heavy atom. The zero-order valence-electron chi connectivity index (χ0n) is 11.7. The first-order chi connectivity index (χ1) is 9.33. The van der Waals surface area contributed by atoms with Crippen molar-refractivity contribution in [3.8, 4) is 0 Å². The molecule has 1 aliphatic heterocycles. The maximum absolute atomic E-state index is 6.05. The fraction of sp³-hybridized carbons (Fsp3) is 0.786. The minimum atomic E-state index is 0.279. The summed E-state index contributed by atoms with van der Waals surface area (Å²) in [4.78, 5) is 6.80. The van der Waals surface area contributed by atoms with E-state index >= 15 is 0 Å². The minimum Gasteiger partial charge on any atom is -0.376 e. The molecule has 3 rings (SSSR count). The highest BCUT2D eigenvalue weighted by Crippen LogP contribution is 2.37. The van der Waals surface area contributed by atoms with Crippen LogP contribution in [-0.4, -0.2) is 46.8 Å². The molecule has 1 aromatic rings. The monoisotopic (exact) mass is 264 g/mol. The number of nitrogens with two attached hydrogens (primary N) is 1. The smallest absolute Gasteiger partial charge is 0.0951 e. The van der Waals surface area contributed by atoms with Crippen LogP contribution in [-0.2, 0) is 4.74 Å². The molecule has 2 unspecified atom stereocenters. The van der Waals surface area contributed by atoms with Crippen LogP contribution >= 0.6 is 0 Å². The molecule has 2 aliphatic rings. The molecule has 0 amide bonds. The Balaban J connectivity index is 1.77. The minimum absolute atomic E-state index is 0.279. The third-order valence-electron chi connectivity index (χ3n) is 4.27. The van der Waals surface area contributed by atoms with E-state index in [0.717, 1.165) is 26.1 Å². The van der Waals surface area contributed by atoms with Crippen LogP contribution in [0.15, 0.2) is 12.5 Å². The predicted molar refractivity (Wildman–Crippen MR) is 73.9 cm³/mol. The van der Waals surface area contributed by atoms with E-state index < -0.39 is 0 Å². The van der Waals surface area contributed by atoms with Crippen LogP contribution in [0.2, 0.25) is 0 Å². The zero-order chi connectivity index (χ0) is 13.2. The molecule has 2 atom stereocenters. The third kappa shape index (κ3) is 2.68. The number of aromatic nitrogens is 2. The molecule has 1 saturated carbocycles. The fourth-order valence-electron chi connectivity index (χ4n) is 2.96. The number of imidazole rings is 1. The summed E-state index contributed by atoms with van der Waals surface area (Å²) in [6.45, 7) is 5.59. The quantitative estimate of drug-likeness (QED) is 0.871. The maximum Gasteiger partial charge on any atom is 0.0951 e. The summed E-state index contributed by atoms with van der Waals surface area (Å²) in [5.41, 5.74) is 7.33. The second-order valence-electron chi connectivity index (χ2n) is 5.60. The summed E-state index contributed by atoms with van der Waals surface area (Å²) >= 11 is 0. The average molecular weight is 264 g/mol. The number of morpholine rings is 1. The molecule has 106 valence electrons. The van der Waals surface area contributed by atoms with E-state index in [9.17, 15) is 0 Å². The van der Waals surface area contributed by atoms with Crippen LogP contribution < -0.4 is 5.73 Å². The maximum atomic E-state index is 6.05. The van der Waals surface area contributed by atoms with Gasteiger partial charge in [0.15, 0.2) is 0 Å². The summed E-state index contributed by atoms with van der Waals surface area (Å²) in [6.07, 6.45) is 7.93. The number of ether oxygens (including phenoxy) is 1. The van der Waals surface area contributed by atoms with Crippen molar-refractivity contribution in [1.29, 1.82) is 0 Å². The second kappa shape index (κ2) is 5.61. The summed E-state index contributed by atoms with van der Waals surface area (Å²) in [5.74, 6) is 0. The Kier molecular flexibility index (Phi) is 3.86. The van der Waals surface area contributed by atoms with Gasteiger partial charge in [0.2, 0.25) is 0 Å². The molecule has 2 heterocycles. The van der Waals surface area contributed by atoms with E-state index in [1.165, 1.54) is 18.5 Å². The van der Waals surface area contributed by atoms with Crippen molar-refractivity contribution in [2.45, 2.75) is 44.4 Å². The van der Waals surface area contributed by atoms with Crippen molar-refractivity contribution < 1.29 is 4.74 Å². The summed E-state index contributed by atoms with van der Waals surface area (Å²) in [7, 11) is 0. The highest BCUT2D eigenvalue weighted by molar-refractivity contribution is 5.10. The van der Waals surface area contributed by atoms with Gasteiger partial charge in [0.1, 0.15) is 0 Å². The van der Waals surface area contributed by atoms with Crippen molar-refractivity contribution >= 4 is 0 Å². The van der Waals surface area contributed by atoms with E-state index in [1.807, 2.05) is 12.5 Å². The highest BCUT2D eigenvalue weighted by Gasteiger charge is 2.31. The first-order valence-corrected chi connectivity index (χ1v) is 7.41. The van der Waals surface area contributed by atoms with Crippen LogP contribution in [0.1, 0.15) is 44.0 Å². The first-order valence-electron chi connectivity index (χ1n) is 7.41. The molecule has 0 spiro atoms. The molecule has 5 nitrogen and oxygen atoms in total. The first kappa shape index (κ1) is 13.1. The molecule has 0 radical (unpaired) electrons. The van der Waals surface area contributed by atoms with Gasteiger partial charge < -0.3 is 15.0 Å². The summed E-state index contributed by atoms with van der Waals surface area (Å²) in [5, 5.41) is 0. The van der Waals surface area contributed by atoms with Gasteiger partial charge in [-0.1, -0.05) is 6.92 Å². The standard InChI is InChI=1S/C14H24N4O/c1-2-12-9-17(5-6-19-12)13(7-15)14-8-16-10-18(14)11-3-4-11/h8,10-13H,2-7,9,15H2,1H3. The summed E-state index contributed by atoms with van der Waals surface area (Å²) in [6, 6.07) is 0.940. The number of hydrogen-bond acceptors (Lipinski definition) is 4. The Morgan fingerprint density at radius 1 is 1.53 bits per heavy atom. The molecule has 2 N–H and O–H groups in total. The van der Waals surface area contributed by atoms with E-state index in [4.69, 9.17) is 10.5 Å². The van der Waals surface area contributed by atoms with Crippen LogP contribution in [0.3, 0.4) is 0 Å². The normalized spacial score (nSPS) is 26.5. The SMILES string of the molecule is CCC1CN(C(CN)c2cncn2C2CC2)CCO1. The van der Waals surface area contributed by atoms with Crippen molar-refractivity contribution in [2.75, 3.05) is 26.2 Å². The lowest BCUT2D eigenvalue weighted by molar-refractivity contribution is -0.0447. The van der Waals surface area contributed by atoms with Crippen molar-refractivity contribution in [2.24, 2.45) is 5.73 Å². The van der Waals surface area contributed by atoms with Gasteiger partial charge in [0.05, 0.1) is 30.8 Å². The van der Waals surface area contributed by atoms with E-state index in [0.29, 0.717) is 18.7 Å². The number of hydrogen-bond donors (Lipinski definition) is 1. The molecule has 0 bridgehead atoms. The van der Waals surface area contributed by atoms with Crippen LogP contribution in [0.4, 0.5) is 0 Å². The van der Waals surface area contributed by atoms with Gasteiger partial charge >= 0.3 is 0 Å². The summed E-state index contributed by atoms with van der Waals surface area (Å²) < 4.78 is 8.08. The number of rotatable bonds is 5. The van der Waals surface area contributed by atoms with Gasteiger partial charge in [-0.2, -0.15) is 0 Å². The molecule has 1 aliphatic carbocycles. The Bertz CT molecular complexity index is 415. The van der Waals surface area contributed by atoms with Crippen molar-refractivity contribution in [3.05, 3.63) is 18.2 Å². The van der Waals surface area contributed by atoms with Crippen LogP contribution in [0.5, 0.6) is 0 Å². The van der Waals surface area contributed by atoms with Crippen molar-refractivity contribution in [3.63, 3.8) is 0 Å². The van der Waals surface area contributed by atoms with Crippen molar-refractivity contribution in [1.82, 2.24) is 14.5 Å². The lowest BCUT2D eigenvalue weighted by Crippen LogP contribution is -2.46. The third-order valence-corrected chi connectivity index (χ3v) is 4.27. The van der Waals surface area contributed by atoms with Crippen LogP contribution in [0, 0.1) is 0 Å². The van der Waals surface area contributed by atoms with Gasteiger partial charge in [-0.25, -0.2) is 4.98 Å². The van der Waals surface area contributed by atoms with Gasteiger partial charge in [-0.15, -0.1) is 0 Å². The average Bonchev–Trinajstić information content (AvgIpc) is 3.19. The van der Waals surface area contributed by atoms with E-state index in [2.05, 4.69) is 21.4 Å². The number of nitrogens with zero attached hydrogens (tertiary/aromatic N) is 3. The van der Waals surface area contributed by atoms with E-state index in [1.54, 1.807) is 0 Å². The van der Waals surface area contributed by atoms with Gasteiger partial charge in [0.25, 0.3) is 0 Å². The molecule has 0 aromatic carbocycles. The largest absolute Gasteiger partial charge is 0.376 e. The molecular weight excluding hydrogens is 240 g/mol. The Hall–Kier alpha value is -0.910. The molecule has 19 heavy (non-hydrogen) atoms. The molecule has 1 aromatic heterocycles. The molecule has 2 fully saturated rings.